The number of hydrogen-bond acceptors (Lipinski definition) is 3. The molecule has 0 aliphatic carbocycles. The lowest BCUT2D eigenvalue weighted by molar-refractivity contribution is -0.141. The lowest BCUT2D eigenvalue weighted by atomic mass is 10.3. The monoisotopic (exact) mass is 257 g/mol. The first-order valence-electron chi connectivity index (χ1n) is 4.70. The Hall–Kier alpha value is -2.38. The lowest BCUT2D eigenvalue weighted by Crippen LogP contribution is -2.09. The Morgan fingerprint density at radius 3 is 2.61 bits per heavy atom. The van der Waals surface area contributed by atoms with Crippen molar-refractivity contribution in [3.63, 3.8) is 0 Å². The molecule has 0 saturated heterocycles. The zero-order valence-corrected chi connectivity index (χ0v) is 8.72. The van der Waals surface area contributed by atoms with Crippen molar-refractivity contribution in [2.75, 3.05) is 0 Å². The average Bonchev–Trinajstić information content (AvgIpc) is 2.74. The van der Waals surface area contributed by atoms with Gasteiger partial charge in [0.25, 0.3) is 0 Å². The molecular weight excluding hydrogens is 251 g/mol. The SMILES string of the molecule is O=C(O)c1cc(C(F)(F)F)nn1-c1cccnc1. The van der Waals surface area contributed by atoms with Crippen molar-refractivity contribution in [1.29, 1.82) is 0 Å². The molecule has 2 aromatic rings. The van der Waals surface area contributed by atoms with Crippen molar-refractivity contribution in [3.05, 3.63) is 42.0 Å². The van der Waals surface area contributed by atoms with Crippen LogP contribution in [0.4, 0.5) is 13.2 Å². The fraction of sp³-hybridized carbons (Fsp3) is 0.100. The van der Waals surface area contributed by atoms with Crippen molar-refractivity contribution in [1.82, 2.24) is 14.8 Å². The smallest absolute Gasteiger partial charge is 0.435 e. The number of carbonyl (C=O) groups is 1. The normalized spacial score (nSPS) is 11.5. The second-order valence-electron chi connectivity index (χ2n) is 3.34. The predicted molar refractivity (Wildman–Crippen MR) is 53.3 cm³/mol. The molecule has 0 fully saturated rings. The maximum Gasteiger partial charge on any atom is 0.435 e. The number of hydrogen-bond donors (Lipinski definition) is 1. The standard InChI is InChI=1S/C10H6F3N3O2/c11-10(12,13)8-4-7(9(17)18)16(15-8)6-2-1-3-14-5-6/h1-5H,(H,17,18). The number of alkyl halides is 3. The van der Waals surface area contributed by atoms with E-state index in [0.29, 0.717) is 10.7 Å². The van der Waals surface area contributed by atoms with E-state index in [1.807, 2.05) is 0 Å². The van der Waals surface area contributed by atoms with Gasteiger partial charge >= 0.3 is 12.1 Å². The molecule has 0 radical (unpaired) electrons. The highest BCUT2D eigenvalue weighted by atomic mass is 19.4. The van der Waals surface area contributed by atoms with E-state index >= 15 is 0 Å². The second-order valence-corrected chi connectivity index (χ2v) is 3.34. The molecule has 8 heteroatoms. The minimum absolute atomic E-state index is 0.144. The van der Waals surface area contributed by atoms with E-state index in [-0.39, 0.29) is 5.69 Å². The van der Waals surface area contributed by atoms with Gasteiger partial charge in [-0.2, -0.15) is 18.3 Å². The summed E-state index contributed by atoms with van der Waals surface area (Å²) in [7, 11) is 0. The van der Waals surface area contributed by atoms with Crippen LogP contribution in [0, 0.1) is 0 Å². The molecule has 0 aliphatic heterocycles. The minimum atomic E-state index is -4.70. The number of pyridine rings is 1. The summed E-state index contributed by atoms with van der Waals surface area (Å²) in [5, 5.41) is 12.1. The van der Waals surface area contributed by atoms with Gasteiger partial charge in [0.2, 0.25) is 0 Å². The molecule has 0 aliphatic rings. The van der Waals surface area contributed by atoms with Gasteiger partial charge in [0.15, 0.2) is 11.4 Å². The highest BCUT2D eigenvalue weighted by molar-refractivity contribution is 5.86. The fourth-order valence-electron chi connectivity index (χ4n) is 1.35. The third-order valence-electron chi connectivity index (χ3n) is 2.11. The Morgan fingerprint density at radius 1 is 1.39 bits per heavy atom. The van der Waals surface area contributed by atoms with Crippen LogP contribution in [0.15, 0.2) is 30.6 Å². The van der Waals surface area contributed by atoms with Gasteiger partial charge in [0, 0.05) is 12.3 Å². The third kappa shape index (κ3) is 2.17. The van der Waals surface area contributed by atoms with Crippen LogP contribution in [0.1, 0.15) is 16.2 Å². The Morgan fingerprint density at radius 2 is 2.11 bits per heavy atom. The van der Waals surface area contributed by atoms with Crippen LogP contribution in [0.5, 0.6) is 0 Å². The van der Waals surface area contributed by atoms with Crippen LogP contribution < -0.4 is 0 Å². The summed E-state index contributed by atoms with van der Waals surface area (Å²) < 4.78 is 38.1. The topological polar surface area (TPSA) is 68.0 Å². The molecule has 0 amide bonds. The largest absolute Gasteiger partial charge is 0.477 e. The van der Waals surface area contributed by atoms with E-state index in [1.165, 1.54) is 24.5 Å². The number of rotatable bonds is 2. The molecule has 0 unspecified atom stereocenters. The molecule has 2 heterocycles. The molecule has 94 valence electrons. The highest BCUT2D eigenvalue weighted by Gasteiger charge is 2.36. The van der Waals surface area contributed by atoms with E-state index in [2.05, 4.69) is 10.1 Å². The summed E-state index contributed by atoms with van der Waals surface area (Å²) in [6.07, 6.45) is -2.06. The van der Waals surface area contributed by atoms with Crippen molar-refractivity contribution in [3.8, 4) is 5.69 Å². The highest BCUT2D eigenvalue weighted by Crippen LogP contribution is 2.29. The molecule has 18 heavy (non-hydrogen) atoms. The van der Waals surface area contributed by atoms with E-state index in [1.54, 1.807) is 0 Å². The summed E-state index contributed by atoms with van der Waals surface area (Å²) in [5.41, 5.74) is -1.69. The Labute approximate surface area is 98.5 Å². The van der Waals surface area contributed by atoms with Crippen molar-refractivity contribution in [2.24, 2.45) is 0 Å². The number of carboxylic acid groups (broad SMARTS) is 1. The first-order chi connectivity index (χ1) is 8.39. The molecule has 0 atom stereocenters. The molecule has 0 aromatic carbocycles. The number of carboxylic acids is 1. The molecule has 1 N–H and O–H groups in total. The van der Waals surface area contributed by atoms with Gasteiger partial charge in [-0.25, -0.2) is 9.48 Å². The maximum absolute atomic E-state index is 12.5. The van der Waals surface area contributed by atoms with E-state index in [0.717, 1.165) is 0 Å². The fourth-order valence-corrected chi connectivity index (χ4v) is 1.35. The first kappa shape index (κ1) is 12.1. The number of halogens is 3. The molecule has 2 aromatic heterocycles. The lowest BCUT2D eigenvalue weighted by Gasteiger charge is -2.03. The predicted octanol–water partition coefficient (Wildman–Crippen LogP) is 1.98. The number of nitrogens with zero attached hydrogens (tertiary/aromatic N) is 3. The second kappa shape index (κ2) is 4.13. The molecule has 5 nitrogen and oxygen atoms in total. The van der Waals surface area contributed by atoms with Crippen LogP contribution >= 0.6 is 0 Å². The minimum Gasteiger partial charge on any atom is -0.477 e. The van der Waals surface area contributed by atoms with Crippen LogP contribution in [-0.2, 0) is 6.18 Å². The average molecular weight is 257 g/mol. The summed E-state index contributed by atoms with van der Waals surface area (Å²) in [6, 6.07) is 3.36. The van der Waals surface area contributed by atoms with Crippen LogP contribution in [0.25, 0.3) is 5.69 Å². The van der Waals surface area contributed by atoms with Gasteiger partial charge in [0.1, 0.15) is 0 Å². The summed E-state index contributed by atoms with van der Waals surface area (Å²) >= 11 is 0. The van der Waals surface area contributed by atoms with Crippen LogP contribution in [-0.4, -0.2) is 25.8 Å². The van der Waals surface area contributed by atoms with E-state index in [4.69, 9.17) is 5.11 Å². The zero-order chi connectivity index (χ0) is 13.3. The Balaban J connectivity index is 2.60. The Kier molecular flexibility index (Phi) is 2.77. The van der Waals surface area contributed by atoms with E-state index in [9.17, 15) is 18.0 Å². The van der Waals surface area contributed by atoms with Crippen molar-refractivity contribution >= 4 is 5.97 Å². The van der Waals surface area contributed by atoms with Gasteiger partial charge in [-0.15, -0.1) is 0 Å². The van der Waals surface area contributed by atoms with Crippen LogP contribution in [0.3, 0.4) is 0 Å². The summed E-state index contributed by atoms with van der Waals surface area (Å²) in [6.45, 7) is 0. The number of aromatic carboxylic acids is 1. The van der Waals surface area contributed by atoms with Gasteiger partial charge in [-0.1, -0.05) is 0 Å². The quantitative estimate of drug-likeness (QED) is 0.893. The maximum atomic E-state index is 12.5. The molecule has 2 rings (SSSR count). The van der Waals surface area contributed by atoms with Crippen molar-refractivity contribution in [2.45, 2.75) is 6.18 Å². The van der Waals surface area contributed by atoms with Crippen LogP contribution in [0.2, 0.25) is 0 Å². The zero-order valence-electron chi connectivity index (χ0n) is 8.72. The third-order valence-corrected chi connectivity index (χ3v) is 2.11. The van der Waals surface area contributed by atoms with Gasteiger partial charge in [0.05, 0.1) is 11.9 Å². The summed E-state index contributed by atoms with van der Waals surface area (Å²) in [4.78, 5) is 14.6. The first-order valence-corrected chi connectivity index (χ1v) is 4.70. The van der Waals surface area contributed by atoms with Gasteiger partial charge in [-0.3, -0.25) is 4.98 Å². The van der Waals surface area contributed by atoms with E-state index < -0.39 is 23.5 Å². The molecular formula is C10H6F3N3O2. The van der Waals surface area contributed by atoms with Gasteiger partial charge in [-0.05, 0) is 12.1 Å². The van der Waals surface area contributed by atoms with Crippen molar-refractivity contribution < 1.29 is 23.1 Å². The van der Waals surface area contributed by atoms with Gasteiger partial charge < -0.3 is 5.11 Å². The summed E-state index contributed by atoms with van der Waals surface area (Å²) in [5.74, 6) is -1.50. The molecule has 0 bridgehead atoms. The Bertz CT molecular complexity index is 578. The molecule has 0 saturated carbocycles. The molecule has 0 spiro atoms. The number of aromatic nitrogens is 3.